The monoisotopic (exact) mass is 446 g/mol. The zero-order valence-electron chi connectivity index (χ0n) is 15.6. The molecule has 4 heterocycles. The molecular weight excluding hydrogens is 428 g/mol. The van der Waals surface area contributed by atoms with Crippen molar-refractivity contribution >= 4 is 50.1 Å². The molecular formula is C19H18N4O3S3. The number of fused-ring (bicyclic) bond motifs is 1. The number of carbonyl (C=O) groups excluding carboxylic acids is 1. The van der Waals surface area contributed by atoms with E-state index in [1.54, 1.807) is 34.3 Å². The van der Waals surface area contributed by atoms with Gasteiger partial charge in [0.2, 0.25) is 0 Å². The van der Waals surface area contributed by atoms with Crippen LogP contribution in [0.5, 0.6) is 0 Å². The predicted octanol–water partition coefficient (Wildman–Crippen LogP) is 4.18. The van der Waals surface area contributed by atoms with E-state index in [0.29, 0.717) is 23.6 Å². The lowest BCUT2D eigenvalue weighted by molar-refractivity contribution is -0.145. The molecule has 0 aliphatic rings. The molecule has 0 radical (unpaired) electrons. The predicted molar refractivity (Wildman–Crippen MR) is 117 cm³/mol. The fourth-order valence-corrected chi connectivity index (χ4v) is 5.04. The Balaban J connectivity index is 1.20. The number of carbonyl (C=O) groups is 1. The number of hydrogen-bond donors (Lipinski definition) is 1. The van der Waals surface area contributed by atoms with E-state index in [-0.39, 0.29) is 24.6 Å². The largest absolute Gasteiger partial charge is 0.459 e. The summed E-state index contributed by atoms with van der Waals surface area (Å²) in [6.07, 6.45) is 2.59. The lowest BCUT2D eigenvalue weighted by Crippen LogP contribution is -2.15. The van der Waals surface area contributed by atoms with Gasteiger partial charge in [-0.15, -0.1) is 34.0 Å². The number of anilines is 1. The standard InChI is InChI=1S/C19H18N4O3S3/c1-12-4-5-15(29-12)14-11-28-18(22-14)20-6-2-3-17(25)26-10-13-9-16(24)23-7-8-27-19(23)21-13/h4-5,7-9,11H,2-3,6,10H2,1H3,(H,20,22). The molecule has 0 aliphatic heterocycles. The zero-order chi connectivity index (χ0) is 20.2. The molecule has 4 aromatic rings. The fraction of sp³-hybridized carbons (Fsp3) is 0.263. The minimum atomic E-state index is -0.311. The van der Waals surface area contributed by atoms with Gasteiger partial charge in [-0.25, -0.2) is 9.97 Å². The van der Waals surface area contributed by atoms with Crippen molar-refractivity contribution in [3.63, 3.8) is 0 Å². The lowest BCUT2D eigenvalue weighted by atomic mass is 10.3. The van der Waals surface area contributed by atoms with Crippen molar-refractivity contribution in [3.8, 4) is 10.6 Å². The van der Waals surface area contributed by atoms with E-state index >= 15 is 0 Å². The van der Waals surface area contributed by atoms with Gasteiger partial charge in [0, 0.05) is 40.9 Å². The van der Waals surface area contributed by atoms with E-state index in [2.05, 4.69) is 34.3 Å². The lowest BCUT2D eigenvalue weighted by Gasteiger charge is -2.05. The Bertz CT molecular complexity index is 1190. The number of thiophene rings is 1. The number of hydrogen-bond acceptors (Lipinski definition) is 9. The van der Waals surface area contributed by atoms with Gasteiger partial charge in [-0.2, -0.15) is 0 Å². The van der Waals surface area contributed by atoms with Crippen LogP contribution < -0.4 is 10.9 Å². The number of rotatable bonds is 8. The first-order valence-corrected chi connectivity index (χ1v) is 11.5. The van der Waals surface area contributed by atoms with Gasteiger partial charge in [-0.1, -0.05) is 0 Å². The number of esters is 1. The SMILES string of the molecule is Cc1ccc(-c2csc(NCCCC(=O)OCc3cc(=O)n4ccsc4n3)n2)s1. The Morgan fingerprint density at radius 3 is 3.00 bits per heavy atom. The van der Waals surface area contributed by atoms with Gasteiger partial charge >= 0.3 is 5.97 Å². The van der Waals surface area contributed by atoms with Gasteiger partial charge in [-0.3, -0.25) is 14.0 Å². The molecule has 0 spiro atoms. The highest BCUT2D eigenvalue weighted by molar-refractivity contribution is 7.17. The van der Waals surface area contributed by atoms with Crippen molar-refractivity contribution in [1.29, 1.82) is 0 Å². The molecule has 150 valence electrons. The van der Waals surface area contributed by atoms with Crippen molar-refractivity contribution in [2.45, 2.75) is 26.4 Å². The number of ether oxygens (including phenoxy) is 1. The number of thiazole rings is 2. The quantitative estimate of drug-likeness (QED) is 0.323. The van der Waals surface area contributed by atoms with Gasteiger partial charge < -0.3 is 10.1 Å². The summed E-state index contributed by atoms with van der Waals surface area (Å²) in [5.74, 6) is -0.311. The van der Waals surface area contributed by atoms with Crippen LogP contribution in [0, 0.1) is 6.92 Å². The number of nitrogens with one attached hydrogen (secondary N) is 1. The topological polar surface area (TPSA) is 85.6 Å². The molecule has 0 bridgehead atoms. The summed E-state index contributed by atoms with van der Waals surface area (Å²) in [6.45, 7) is 2.71. The summed E-state index contributed by atoms with van der Waals surface area (Å²) in [7, 11) is 0. The third kappa shape index (κ3) is 4.89. The molecule has 0 fully saturated rings. The third-order valence-corrected chi connectivity index (χ3v) is 6.65. The summed E-state index contributed by atoms with van der Waals surface area (Å²) in [5, 5.41) is 7.91. The van der Waals surface area contributed by atoms with Crippen molar-refractivity contribution in [2.24, 2.45) is 0 Å². The minimum absolute atomic E-state index is 0.00593. The molecule has 0 unspecified atom stereocenters. The second kappa shape index (κ2) is 8.85. The van der Waals surface area contributed by atoms with E-state index in [9.17, 15) is 9.59 Å². The van der Waals surface area contributed by atoms with Crippen molar-refractivity contribution in [3.05, 3.63) is 56.1 Å². The first-order valence-electron chi connectivity index (χ1n) is 8.96. The van der Waals surface area contributed by atoms with Crippen molar-refractivity contribution in [1.82, 2.24) is 14.4 Å². The zero-order valence-corrected chi connectivity index (χ0v) is 18.0. The number of aryl methyl sites for hydroxylation is 1. The average molecular weight is 447 g/mol. The van der Waals surface area contributed by atoms with Gasteiger partial charge in [0.25, 0.3) is 5.56 Å². The molecule has 0 aromatic carbocycles. The number of nitrogens with zero attached hydrogens (tertiary/aromatic N) is 3. The van der Waals surface area contributed by atoms with E-state index in [1.165, 1.54) is 26.7 Å². The molecule has 0 amide bonds. The minimum Gasteiger partial charge on any atom is -0.459 e. The first kappa shape index (κ1) is 19.7. The summed E-state index contributed by atoms with van der Waals surface area (Å²) in [5.41, 5.74) is 1.26. The van der Waals surface area contributed by atoms with E-state index in [1.807, 2.05) is 5.38 Å². The van der Waals surface area contributed by atoms with Crippen LogP contribution in [0.25, 0.3) is 15.5 Å². The van der Waals surface area contributed by atoms with E-state index < -0.39 is 0 Å². The molecule has 4 aromatic heterocycles. The van der Waals surface area contributed by atoms with E-state index in [0.717, 1.165) is 15.7 Å². The normalized spacial score (nSPS) is 11.1. The summed E-state index contributed by atoms with van der Waals surface area (Å²) >= 11 is 4.64. The van der Waals surface area contributed by atoms with Gasteiger partial charge in [-0.05, 0) is 25.5 Å². The van der Waals surface area contributed by atoms with Crippen LogP contribution in [0.15, 0.2) is 40.0 Å². The highest BCUT2D eigenvalue weighted by Crippen LogP contribution is 2.30. The van der Waals surface area contributed by atoms with Crippen LogP contribution in [-0.4, -0.2) is 26.9 Å². The second-order valence-corrected chi connectivity index (χ2v) is 9.30. The van der Waals surface area contributed by atoms with Gasteiger partial charge in [0.05, 0.1) is 16.3 Å². The van der Waals surface area contributed by atoms with E-state index in [4.69, 9.17) is 4.74 Å². The average Bonchev–Trinajstić information content (AvgIpc) is 3.44. The highest BCUT2D eigenvalue weighted by Gasteiger charge is 2.09. The Hall–Kier alpha value is -2.56. The maximum Gasteiger partial charge on any atom is 0.306 e. The molecule has 29 heavy (non-hydrogen) atoms. The Kier molecular flexibility index (Phi) is 6.02. The van der Waals surface area contributed by atoms with Crippen LogP contribution in [0.1, 0.15) is 23.4 Å². The molecule has 0 aliphatic carbocycles. The fourth-order valence-electron chi connectivity index (χ4n) is 2.66. The smallest absolute Gasteiger partial charge is 0.306 e. The summed E-state index contributed by atoms with van der Waals surface area (Å²) < 4.78 is 6.70. The molecule has 7 nitrogen and oxygen atoms in total. The Labute approximate surface area is 178 Å². The third-order valence-electron chi connectivity index (χ3n) is 4.07. The first-order chi connectivity index (χ1) is 14.1. The van der Waals surface area contributed by atoms with Crippen LogP contribution in [0.2, 0.25) is 0 Å². The van der Waals surface area contributed by atoms with Gasteiger partial charge in [0.15, 0.2) is 10.1 Å². The van der Waals surface area contributed by atoms with Crippen molar-refractivity contribution < 1.29 is 9.53 Å². The number of aromatic nitrogens is 3. The molecule has 0 saturated carbocycles. The van der Waals surface area contributed by atoms with Crippen LogP contribution >= 0.6 is 34.0 Å². The maximum atomic E-state index is 11.9. The maximum absolute atomic E-state index is 11.9. The second-order valence-electron chi connectivity index (χ2n) is 6.28. The Morgan fingerprint density at radius 2 is 2.17 bits per heavy atom. The van der Waals surface area contributed by atoms with Crippen LogP contribution in [0.3, 0.4) is 0 Å². The molecule has 0 saturated heterocycles. The molecule has 0 atom stereocenters. The van der Waals surface area contributed by atoms with Crippen LogP contribution in [-0.2, 0) is 16.1 Å². The highest BCUT2D eigenvalue weighted by atomic mass is 32.1. The molecule has 1 N–H and O–H groups in total. The van der Waals surface area contributed by atoms with Crippen LogP contribution in [0.4, 0.5) is 5.13 Å². The Morgan fingerprint density at radius 1 is 1.28 bits per heavy atom. The molecule has 10 heteroatoms. The molecule has 4 rings (SSSR count). The van der Waals surface area contributed by atoms with Crippen molar-refractivity contribution in [2.75, 3.05) is 11.9 Å². The van der Waals surface area contributed by atoms with Gasteiger partial charge in [0.1, 0.15) is 6.61 Å². The summed E-state index contributed by atoms with van der Waals surface area (Å²) in [4.78, 5) is 35.8. The summed E-state index contributed by atoms with van der Waals surface area (Å²) in [6, 6.07) is 5.56.